The van der Waals surface area contributed by atoms with Gasteiger partial charge in [-0.2, -0.15) is 0 Å². The summed E-state index contributed by atoms with van der Waals surface area (Å²) in [5.74, 6) is -0.333. The molecule has 1 saturated heterocycles. The van der Waals surface area contributed by atoms with Gasteiger partial charge in [-0.3, -0.25) is 4.79 Å². The van der Waals surface area contributed by atoms with Crippen molar-refractivity contribution in [3.63, 3.8) is 0 Å². The van der Waals surface area contributed by atoms with Crippen molar-refractivity contribution in [2.24, 2.45) is 11.7 Å². The molecule has 0 aliphatic carbocycles. The van der Waals surface area contributed by atoms with Crippen molar-refractivity contribution in [1.29, 1.82) is 0 Å². The number of primary amides is 1. The fourth-order valence-corrected chi connectivity index (χ4v) is 2.01. The number of hydrogen-bond donors (Lipinski definition) is 1. The molecular formula is C12H15N3O2. The molecule has 2 rings (SSSR count). The smallest absolute Gasteiger partial charge is 0.267 e. The van der Waals surface area contributed by atoms with Crippen LogP contribution in [0.25, 0.3) is 0 Å². The maximum absolute atomic E-state index is 10.9. The highest BCUT2D eigenvalue weighted by Crippen LogP contribution is 2.21. The van der Waals surface area contributed by atoms with Crippen LogP contribution in [0.4, 0.5) is 5.69 Å². The maximum atomic E-state index is 10.9. The van der Waals surface area contributed by atoms with Crippen LogP contribution in [-0.4, -0.2) is 30.3 Å². The normalized spacial score (nSPS) is 16.8. The number of rotatable bonds is 3. The summed E-state index contributed by atoms with van der Waals surface area (Å²) in [6.45, 7) is 1.70. The molecule has 5 nitrogen and oxygen atoms in total. The molecule has 17 heavy (non-hydrogen) atoms. The van der Waals surface area contributed by atoms with Gasteiger partial charge in [-0.05, 0) is 25.0 Å². The fraction of sp³-hybridized carbons (Fsp3) is 0.417. The van der Waals surface area contributed by atoms with Crippen LogP contribution in [0.3, 0.4) is 0 Å². The lowest BCUT2D eigenvalue weighted by atomic mass is 9.98. The molecule has 90 valence electrons. The van der Waals surface area contributed by atoms with E-state index in [9.17, 15) is 9.59 Å². The predicted octanol–water partition coefficient (Wildman–Crippen LogP) is 0.596. The van der Waals surface area contributed by atoms with E-state index < -0.39 is 5.91 Å². The van der Waals surface area contributed by atoms with E-state index in [-0.39, 0.29) is 11.6 Å². The largest absolute Gasteiger partial charge is 0.370 e. The second kappa shape index (κ2) is 4.95. The molecule has 2 N–H and O–H groups in total. The lowest BCUT2D eigenvalue weighted by Gasteiger charge is -2.31. The number of aromatic nitrogens is 1. The number of amides is 1. The molecule has 1 aliphatic rings. The molecule has 0 saturated carbocycles. The van der Waals surface area contributed by atoms with E-state index in [4.69, 9.17) is 5.73 Å². The highest BCUT2D eigenvalue weighted by molar-refractivity contribution is 5.90. The Morgan fingerprint density at radius 3 is 2.59 bits per heavy atom. The second-order valence-corrected chi connectivity index (χ2v) is 4.23. The lowest BCUT2D eigenvalue weighted by molar-refractivity contribution is -0.111. The number of aldehydes is 1. The van der Waals surface area contributed by atoms with Gasteiger partial charge < -0.3 is 15.4 Å². The van der Waals surface area contributed by atoms with Crippen molar-refractivity contribution >= 4 is 17.9 Å². The molecule has 0 bridgehead atoms. The predicted molar refractivity (Wildman–Crippen MR) is 63.8 cm³/mol. The average molecular weight is 233 g/mol. The SMILES string of the molecule is NC(=O)c1ccc(N2CCC(C=O)CC2)cn1. The summed E-state index contributed by atoms with van der Waals surface area (Å²) in [6, 6.07) is 3.47. The highest BCUT2D eigenvalue weighted by atomic mass is 16.1. The Kier molecular flexibility index (Phi) is 3.37. The van der Waals surface area contributed by atoms with E-state index in [1.807, 2.05) is 6.07 Å². The number of carbonyl (C=O) groups is 2. The number of nitrogens with two attached hydrogens (primary N) is 1. The minimum atomic E-state index is -0.517. The Morgan fingerprint density at radius 2 is 2.12 bits per heavy atom. The van der Waals surface area contributed by atoms with Gasteiger partial charge >= 0.3 is 0 Å². The minimum absolute atomic E-state index is 0.184. The number of nitrogens with zero attached hydrogens (tertiary/aromatic N) is 2. The molecular weight excluding hydrogens is 218 g/mol. The van der Waals surface area contributed by atoms with Gasteiger partial charge in [0, 0.05) is 19.0 Å². The van der Waals surface area contributed by atoms with Crippen LogP contribution < -0.4 is 10.6 Å². The maximum Gasteiger partial charge on any atom is 0.267 e. The van der Waals surface area contributed by atoms with Gasteiger partial charge in [-0.25, -0.2) is 4.98 Å². The third-order valence-electron chi connectivity index (χ3n) is 3.10. The van der Waals surface area contributed by atoms with Crippen molar-refractivity contribution < 1.29 is 9.59 Å². The van der Waals surface area contributed by atoms with Crippen molar-refractivity contribution in [1.82, 2.24) is 4.98 Å². The van der Waals surface area contributed by atoms with Crippen LogP contribution >= 0.6 is 0 Å². The first-order valence-corrected chi connectivity index (χ1v) is 5.67. The summed E-state index contributed by atoms with van der Waals surface area (Å²) in [5, 5.41) is 0. The standard InChI is InChI=1S/C12H15N3O2/c13-12(17)11-2-1-10(7-14-11)15-5-3-9(8-16)4-6-15/h1-2,7-9H,3-6H2,(H2,13,17). The molecule has 2 heterocycles. The first-order chi connectivity index (χ1) is 8.20. The molecule has 0 aromatic carbocycles. The molecule has 1 aliphatic heterocycles. The molecule has 0 spiro atoms. The zero-order valence-electron chi connectivity index (χ0n) is 9.50. The van der Waals surface area contributed by atoms with E-state index >= 15 is 0 Å². The number of pyridine rings is 1. The van der Waals surface area contributed by atoms with Crippen LogP contribution in [-0.2, 0) is 4.79 Å². The average Bonchev–Trinajstić information content (AvgIpc) is 2.39. The van der Waals surface area contributed by atoms with Crippen molar-refractivity contribution in [2.45, 2.75) is 12.8 Å². The molecule has 5 heteroatoms. The summed E-state index contributed by atoms with van der Waals surface area (Å²) >= 11 is 0. The molecule has 1 aromatic heterocycles. The topological polar surface area (TPSA) is 76.3 Å². The van der Waals surface area contributed by atoms with Gasteiger partial charge in [0.15, 0.2) is 0 Å². The van der Waals surface area contributed by atoms with Crippen LogP contribution in [0.1, 0.15) is 23.3 Å². The summed E-state index contributed by atoms with van der Waals surface area (Å²) in [7, 11) is 0. The van der Waals surface area contributed by atoms with E-state index in [0.717, 1.165) is 37.9 Å². The van der Waals surface area contributed by atoms with Gasteiger partial charge in [0.1, 0.15) is 12.0 Å². The van der Waals surface area contributed by atoms with Gasteiger partial charge in [-0.1, -0.05) is 0 Å². The molecule has 1 amide bonds. The van der Waals surface area contributed by atoms with Crippen LogP contribution in [0.15, 0.2) is 18.3 Å². The van der Waals surface area contributed by atoms with Crippen LogP contribution in [0.2, 0.25) is 0 Å². The van der Waals surface area contributed by atoms with E-state index in [0.29, 0.717) is 0 Å². The molecule has 1 fully saturated rings. The van der Waals surface area contributed by atoms with E-state index in [2.05, 4.69) is 9.88 Å². The molecule has 0 atom stereocenters. The zero-order chi connectivity index (χ0) is 12.3. The Bertz CT molecular complexity index is 408. The van der Waals surface area contributed by atoms with Crippen molar-refractivity contribution in [2.75, 3.05) is 18.0 Å². The first-order valence-electron chi connectivity index (χ1n) is 5.67. The number of carbonyl (C=O) groups excluding carboxylic acids is 2. The zero-order valence-corrected chi connectivity index (χ0v) is 9.50. The quantitative estimate of drug-likeness (QED) is 0.775. The lowest BCUT2D eigenvalue weighted by Crippen LogP contribution is -2.34. The fourth-order valence-electron chi connectivity index (χ4n) is 2.01. The Morgan fingerprint density at radius 1 is 1.41 bits per heavy atom. The Hall–Kier alpha value is -1.91. The summed E-state index contributed by atoms with van der Waals surface area (Å²) in [5.41, 5.74) is 6.37. The third kappa shape index (κ3) is 2.61. The van der Waals surface area contributed by atoms with E-state index in [1.54, 1.807) is 12.3 Å². The Labute approximate surface area is 99.6 Å². The monoisotopic (exact) mass is 233 g/mol. The van der Waals surface area contributed by atoms with Gasteiger partial charge in [0.05, 0.1) is 11.9 Å². The van der Waals surface area contributed by atoms with E-state index in [1.165, 1.54) is 0 Å². The minimum Gasteiger partial charge on any atom is -0.370 e. The highest BCUT2D eigenvalue weighted by Gasteiger charge is 2.18. The number of anilines is 1. The van der Waals surface area contributed by atoms with Crippen LogP contribution in [0.5, 0.6) is 0 Å². The second-order valence-electron chi connectivity index (χ2n) is 4.23. The molecule has 0 radical (unpaired) electrons. The third-order valence-corrected chi connectivity index (χ3v) is 3.10. The first kappa shape index (κ1) is 11.6. The van der Waals surface area contributed by atoms with Crippen molar-refractivity contribution in [3.8, 4) is 0 Å². The molecule has 0 unspecified atom stereocenters. The summed E-state index contributed by atoms with van der Waals surface area (Å²) < 4.78 is 0. The summed E-state index contributed by atoms with van der Waals surface area (Å²) in [6.07, 6.45) is 4.44. The van der Waals surface area contributed by atoms with Gasteiger partial charge in [0.2, 0.25) is 0 Å². The Balaban J connectivity index is 2.03. The van der Waals surface area contributed by atoms with Gasteiger partial charge in [-0.15, -0.1) is 0 Å². The molecule has 1 aromatic rings. The van der Waals surface area contributed by atoms with Crippen molar-refractivity contribution in [3.05, 3.63) is 24.0 Å². The number of hydrogen-bond acceptors (Lipinski definition) is 4. The van der Waals surface area contributed by atoms with Crippen LogP contribution in [0, 0.1) is 5.92 Å². The van der Waals surface area contributed by atoms with Gasteiger partial charge in [0.25, 0.3) is 5.91 Å². The summed E-state index contributed by atoms with van der Waals surface area (Å²) in [4.78, 5) is 27.7. The number of piperidine rings is 1.